The van der Waals surface area contributed by atoms with Gasteiger partial charge in [-0.05, 0) is 74.7 Å². The fourth-order valence-electron chi connectivity index (χ4n) is 3.60. The molecule has 0 saturated heterocycles. The normalized spacial score (nSPS) is 14.5. The molecule has 1 aliphatic rings. The van der Waals surface area contributed by atoms with E-state index in [4.69, 9.17) is 11.6 Å². The molecule has 1 saturated carbocycles. The zero-order valence-corrected chi connectivity index (χ0v) is 20.4. The lowest BCUT2D eigenvalue weighted by Gasteiger charge is -2.20. The van der Waals surface area contributed by atoms with Crippen molar-refractivity contribution in [1.29, 1.82) is 0 Å². The van der Waals surface area contributed by atoms with Gasteiger partial charge >= 0.3 is 6.18 Å². The van der Waals surface area contributed by atoms with Gasteiger partial charge in [-0.2, -0.15) is 13.2 Å². The van der Waals surface area contributed by atoms with Gasteiger partial charge in [0.1, 0.15) is 5.69 Å². The Morgan fingerprint density at radius 1 is 1.15 bits per heavy atom. The molecule has 4 nitrogen and oxygen atoms in total. The number of benzene rings is 1. The molecule has 1 aromatic carbocycles. The molecule has 0 bridgehead atoms. The molecule has 1 N–H and O–H groups in total. The second-order valence-corrected chi connectivity index (χ2v) is 9.19. The third-order valence-corrected chi connectivity index (χ3v) is 5.78. The second kappa shape index (κ2) is 12.3. The first-order valence-electron chi connectivity index (χ1n) is 11.2. The van der Waals surface area contributed by atoms with E-state index in [2.05, 4.69) is 22.1 Å². The van der Waals surface area contributed by atoms with E-state index in [1.165, 1.54) is 58.1 Å². The Hall–Kier alpha value is -2.53. The minimum atomic E-state index is -4.37. The first kappa shape index (κ1) is 27.7. The van der Waals surface area contributed by atoms with E-state index >= 15 is 0 Å². The molecule has 1 heterocycles. The van der Waals surface area contributed by atoms with Crippen LogP contribution in [0.2, 0.25) is 5.28 Å². The number of hydrogen-bond acceptors (Lipinski definition) is 2. The molecule has 9 heteroatoms. The number of imidazole rings is 1. The molecular weight excluding hydrogens is 470 g/mol. The molecular formula is C25H30ClF4N3O. The number of nitrogens with zero attached hydrogens (tertiary/aromatic N) is 2. The van der Waals surface area contributed by atoms with Crippen molar-refractivity contribution < 1.29 is 22.4 Å². The van der Waals surface area contributed by atoms with Gasteiger partial charge in [-0.25, -0.2) is 9.37 Å². The van der Waals surface area contributed by atoms with Gasteiger partial charge in [-0.3, -0.25) is 4.79 Å². The van der Waals surface area contributed by atoms with Crippen LogP contribution < -0.4 is 5.32 Å². The maximum atomic E-state index is 13.5. The Morgan fingerprint density at radius 3 is 2.29 bits per heavy atom. The molecule has 1 amide bonds. The number of alkyl halides is 4. The summed E-state index contributed by atoms with van der Waals surface area (Å²) < 4.78 is 52.8. The third kappa shape index (κ3) is 9.02. The van der Waals surface area contributed by atoms with E-state index in [1.807, 2.05) is 0 Å². The Balaban J connectivity index is 0.000000340. The molecule has 0 aliphatic heterocycles. The number of aromatic nitrogens is 2. The summed E-state index contributed by atoms with van der Waals surface area (Å²) in [6.07, 6.45) is 3.13. The highest BCUT2D eigenvalue weighted by Gasteiger charge is 2.30. The zero-order valence-electron chi connectivity index (χ0n) is 19.6. The average Bonchev–Trinajstić information content (AvgIpc) is 3.04. The molecule has 1 fully saturated rings. The van der Waals surface area contributed by atoms with Crippen LogP contribution >= 0.6 is 11.6 Å². The highest BCUT2D eigenvalue weighted by molar-refractivity contribution is 6.28. The summed E-state index contributed by atoms with van der Waals surface area (Å²) in [5, 5.41) is 2.88. The van der Waals surface area contributed by atoms with Crippen molar-refractivity contribution in [3.63, 3.8) is 0 Å². The van der Waals surface area contributed by atoms with Crippen LogP contribution in [0, 0.1) is 24.7 Å². The van der Waals surface area contributed by atoms with Gasteiger partial charge in [0.15, 0.2) is 5.67 Å². The molecule has 1 aromatic heterocycles. The van der Waals surface area contributed by atoms with Gasteiger partial charge in [0.2, 0.25) is 11.7 Å². The van der Waals surface area contributed by atoms with E-state index in [1.54, 1.807) is 11.5 Å². The van der Waals surface area contributed by atoms with Gasteiger partial charge in [0.05, 0.1) is 17.8 Å². The van der Waals surface area contributed by atoms with Crippen molar-refractivity contribution >= 4 is 18.0 Å². The number of carbonyl (C=O) groups is 1. The SMILES string of the molecule is Cc1c(C#CC(C)(C)F)nc(Cl)n1Cc1ccc(C(F)(F)F)cc1.O=CNCC1CCCCC1. The van der Waals surface area contributed by atoms with Crippen molar-refractivity contribution in [3.05, 3.63) is 52.1 Å². The summed E-state index contributed by atoms with van der Waals surface area (Å²) in [5.74, 6) is 5.83. The zero-order chi connectivity index (χ0) is 25.4. The summed E-state index contributed by atoms with van der Waals surface area (Å²) in [6, 6.07) is 4.80. The number of nitrogens with one attached hydrogen (secondary N) is 1. The fourth-order valence-corrected chi connectivity index (χ4v) is 3.87. The topological polar surface area (TPSA) is 46.9 Å². The van der Waals surface area contributed by atoms with Crippen LogP contribution in [0.4, 0.5) is 17.6 Å². The molecule has 3 rings (SSSR count). The maximum Gasteiger partial charge on any atom is 0.416 e. The van der Waals surface area contributed by atoms with Crippen molar-refractivity contribution in [3.8, 4) is 11.8 Å². The number of carbonyl (C=O) groups excluding carboxylic acids is 1. The molecule has 0 atom stereocenters. The Kier molecular flexibility index (Phi) is 9.99. The number of hydrogen-bond donors (Lipinski definition) is 1. The predicted molar refractivity (Wildman–Crippen MR) is 125 cm³/mol. The molecule has 186 valence electrons. The maximum absolute atomic E-state index is 13.5. The van der Waals surface area contributed by atoms with Gasteiger partial charge < -0.3 is 9.88 Å². The lowest BCUT2D eigenvalue weighted by molar-refractivity contribution is -0.137. The van der Waals surface area contributed by atoms with Crippen molar-refractivity contribution in [2.45, 2.75) is 71.3 Å². The van der Waals surface area contributed by atoms with E-state index < -0.39 is 17.4 Å². The highest BCUT2D eigenvalue weighted by atomic mass is 35.5. The molecule has 0 spiro atoms. The summed E-state index contributed by atoms with van der Waals surface area (Å²) in [4.78, 5) is 14.0. The Labute approximate surface area is 203 Å². The van der Waals surface area contributed by atoms with Gasteiger partial charge in [0.25, 0.3) is 0 Å². The largest absolute Gasteiger partial charge is 0.416 e. The molecule has 2 aromatic rings. The third-order valence-electron chi connectivity index (χ3n) is 5.49. The first-order chi connectivity index (χ1) is 15.9. The van der Waals surface area contributed by atoms with Crippen LogP contribution in [0.25, 0.3) is 0 Å². The van der Waals surface area contributed by atoms with E-state index in [0.717, 1.165) is 31.0 Å². The second-order valence-electron chi connectivity index (χ2n) is 8.85. The van der Waals surface area contributed by atoms with Crippen molar-refractivity contribution in [2.24, 2.45) is 5.92 Å². The molecule has 0 unspecified atom stereocenters. The summed E-state index contributed by atoms with van der Waals surface area (Å²) in [7, 11) is 0. The van der Waals surface area contributed by atoms with E-state index in [9.17, 15) is 22.4 Å². The number of rotatable bonds is 5. The summed E-state index contributed by atoms with van der Waals surface area (Å²) in [5.41, 5.74) is -0.766. The minimum Gasteiger partial charge on any atom is -0.358 e. The molecule has 34 heavy (non-hydrogen) atoms. The quantitative estimate of drug-likeness (QED) is 0.297. The van der Waals surface area contributed by atoms with Crippen LogP contribution in [-0.4, -0.2) is 28.2 Å². The predicted octanol–water partition coefficient (Wildman–Crippen LogP) is 6.32. The Morgan fingerprint density at radius 2 is 1.76 bits per heavy atom. The van der Waals surface area contributed by atoms with Gasteiger partial charge in [0, 0.05) is 6.54 Å². The summed E-state index contributed by atoms with van der Waals surface area (Å²) >= 11 is 6.06. The van der Waals surface area contributed by atoms with E-state index in [0.29, 0.717) is 17.0 Å². The monoisotopic (exact) mass is 499 g/mol. The fraction of sp³-hybridized carbons (Fsp3) is 0.520. The molecule has 0 radical (unpaired) electrons. The lowest BCUT2D eigenvalue weighted by atomic mass is 9.89. The van der Waals surface area contributed by atoms with Crippen LogP contribution in [-0.2, 0) is 17.5 Å². The number of amides is 1. The lowest BCUT2D eigenvalue weighted by Crippen LogP contribution is -2.22. The van der Waals surface area contributed by atoms with Crippen LogP contribution in [0.5, 0.6) is 0 Å². The van der Waals surface area contributed by atoms with Crippen molar-refractivity contribution in [2.75, 3.05) is 6.54 Å². The molecule has 1 aliphatic carbocycles. The standard InChI is InChI=1S/C17H15ClF4N2.C8H15NO/c1-11-14(8-9-16(2,3)19)23-15(18)24(11)10-12-4-6-13(7-5-12)17(20,21)22;10-7-9-6-8-4-2-1-3-5-8/h4-7H,10H2,1-3H3;7-8H,1-6H2,(H,9,10). The smallest absolute Gasteiger partial charge is 0.358 e. The van der Waals surface area contributed by atoms with Gasteiger partial charge in [-0.15, -0.1) is 0 Å². The van der Waals surface area contributed by atoms with Crippen LogP contribution in [0.1, 0.15) is 68.5 Å². The van der Waals surface area contributed by atoms with Crippen LogP contribution in [0.3, 0.4) is 0 Å². The number of halogens is 5. The highest BCUT2D eigenvalue weighted by Crippen LogP contribution is 2.29. The van der Waals surface area contributed by atoms with Crippen molar-refractivity contribution in [1.82, 2.24) is 14.9 Å². The summed E-state index contributed by atoms with van der Waals surface area (Å²) in [6.45, 7) is 5.52. The van der Waals surface area contributed by atoms with E-state index in [-0.39, 0.29) is 11.8 Å². The first-order valence-corrected chi connectivity index (χ1v) is 11.6. The van der Waals surface area contributed by atoms with Gasteiger partial charge in [-0.1, -0.05) is 37.3 Å². The average molecular weight is 500 g/mol. The minimum absolute atomic E-state index is 0.147. The van der Waals surface area contributed by atoms with Crippen LogP contribution in [0.15, 0.2) is 24.3 Å². The Bertz CT molecular complexity index is 993.